The summed E-state index contributed by atoms with van der Waals surface area (Å²) in [6.45, 7) is 1.12. The number of nitrogens with zero attached hydrogens (tertiary/aromatic N) is 1. The molecule has 2 amide bonds. The Balaban J connectivity index is 1.28. The first kappa shape index (κ1) is 26.4. The van der Waals surface area contributed by atoms with E-state index in [9.17, 15) is 23.9 Å². The van der Waals surface area contributed by atoms with E-state index in [0.29, 0.717) is 31.6 Å². The van der Waals surface area contributed by atoms with E-state index in [1.165, 1.54) is 29.8 Å². The number of carbonyl (C=O) groups excluding carboxylic acids is 2. The summed E-state index contributed by atoms with van der Waals surface area (Å²) >= 11 is 0. The monoisotopic (exact) mass is 548 g/mol. The molecule has 206 valence electrons. The van der Waals surface area contributed by atoms with Gasteiger partial charge in [-0.2, -0.15) is 0 Å². The summed E-state index contributed by atoms with van der Waals surface area (Å²) in [5.74, 6) is -1.39. The molecular formula is C34H29FN2O4. The highest BCUT2D eigenvalue weighted by Crippen LogP contribution is 2.47. The zero-order valence-electron chi connectivity index (χ0n) is 22.3. The van der Waals surface area contributed by atoms with E-state index in [1.807, 2.05) is 36.4 Å². The number of carboxylic acid groups (broad SMARTS) is 1. The normalized spacial score (nSPS) is 17.4. The molecule has 0 bridgehead atoms. The second-order valence-electron chi connectivity index (χ2n) is 10.7. The van der Waals surface area contributed by atoms with Crippen LogP contribution in [0.5, 0.6) is 0 Å². The van der Waals surface area contributed by atoms with Gasteiger partial charge in [-0.3, -0.25) is 9.59 Å². The molecule has 1 aliphatic heterocycles. The van der Waals surface area contributed by atoms with Gasteiger partial charge in [0.25, 0.3) is 5.91 Å². The minimum atomic E-state index is -0.995. The van der Waals surface area contributed by atoms with Crippen LogP contribution in [-0.4, -0.2) is 34.3 Å². The highest BCUT2D eigenvalue weighted by Gasteiger charge is 2.43. The summed E-state index contributed by atoms with van der Waals surface area (Å²) in [5, 5.41) is 12.6. The predicted octanol–water partition coefficient (Wildman–Crippen LogP) is 5.81. The highest BCUT2D eigenvalue weighted by atomic mass is 19.1. The van der Waals surface area contributed by atoms with E-state index in [0.717, 1.165) is 34.2 Å². The topological polar surface area (TPSA) is 86.7 Å². The summed E-state index contributed by atoms with van der Waals surface area (Å²) in [5.41, 5.74) is 6.39. The van der Waals surface area contributed by atoms with E-state index in [4.69, 9.17) is 0 Å². The van der Waals surface area contributed by atoms with E-state index in [-0.39, 0.29) is 29.2 Å². The van der Waals surface area contributed by atoms with Crippen LogP contribution in [0.2, 0.25) is 0 Å². The van der Waals surface area contributed by atoms with Crippen molar-refractivity contribution in [2.24, 2.45) is 5.92 Å². The molecule has 4 aromatic carbocycles. The number of rotatable bonds is 7. The number of carboxylic acids is 1. The predicted molar refractivity (Wildman–Crippen MR) is 153 cm³/mol. The lowest BCUT2D eigenvalue weighted by molar-refractivity contribution is -0.122. The first-order valence-electron chi connectivity index (χ1n) is 13.7. The van der Waals surface area contributed by atoms with Crippen LogP contribution in [0.15, 0.2) is 91.0 Å². The van der Waals surface area contributed by atoms with Crippen LogP contribution in [0, 0.1) is 11.7 Å². The highest BCUT2D eigenvalue weighted by molar-refractivity contribution is 5.94. The third-order valence-electron chi connectivity index (χ3n) is 8.12. The Morgan fingerprint density at radius 2 is 1.66 bits per heavy atom. The van der Waals surface area contributed by atoms with E-state index in [1.54, 1.807) is 23.1 Å². The number of fused-ring (bicyclic) bond motifs is 1. The van der Waals surface area contributed by atoms with Crippen LogP contribution in [-0.2, 0) is 24.3 Å². The third-order valence-corrected chi connectivity index (χ3v) is 8.12. The van der Waals surface area contributed by atoms with Gasteiger partial charge in [0, 0.05) is 31.1 Å². The number of amides is 2. The van der Waals surface area contributed by atoms with Crippen LogP contribution in [0.3, 0.4) is 0 Å². The number of hydrogen-bond acceptors (Lipinski definition) is 3. The van der Waals surface area contributed by atoms with Crippen molar-refractivity contribution in [2.75, 3.05) is 6.54 Å². The Morgan fingerprint density at radius 3 is 2.41 bits per heavy atom. The SMILES string of the molecule is O=C(O)c1cccc(-c2ccc(CNC(=O)[C@@H]3C[C@H]3c3ccccc3)c3c2CCN(C(=O)c2ccc(F)cc2)C3)c1. The first-order chi connectivity index (χ1) is 19.9. The maximum atomic E-state index is 13.5. The lowest BCUT2D eigenvalue weighted by atomic mass is 9.87. The summed E-state index contributed by atoms with van der Waals surface area (Å²) in [7, 11) is 0. The molecule has 0 unspecified atom stereocenters. The van der Waals surface area contributed by atoms with Gasteiger partial charge in [-0.15, -0.1) is 0 Å². The molecule has 2 atom stereocenters. The Hall–Kier alpha value is -4.78. The van der Waals surface area contributed by atoms with Gasteiger partial charge in [0.2, 0.25) is 5.91 Å². The molecule has 0 radical (unpaired) electrons. The van der Waals surface area contributed by atoms with Crippen molar-refractivity contribution in [3.63, 3.8) is 0 Å². The van der Waals surface area contributed by atoms with Crippen LogP contribution in [0.1, 0.15) is 55.3 Å². The Bertz CT molecular complexity index is 1630. The fraction of sp³-hybridized carbons (Fsp3) is 0.206. The lowest BCUT2D eigenvalue weighted by Crippen LogP contribution is -2.37. The summed E-state index contributed by atoms with van der Waals surface area (Å²) in [6.07, 6.45) is 1.39. The fourth-order valence-corrected chi connectivity index (χ4v) is 5.81. The largest absolute Gasteiger partial charge is 0.478 e. The molecule has 41 heavy (non-hydrogen) atoms. The van der Waals surface area contributed by atoms with Gasteiger partial charge in [-0.05, 0) is 88.5 Å². The van der Waals surface area contributed by atoms with Gasteiger partial charge < -0.3 is 15.3 Å². The number of halogens is 1. The van der Waals surface area contributed by atoms with Gasteiger partial charge in [-0.25, -0.2) is 9.18 Å². The molecule has 2 N–H and O–H groups in total. The van der Waals surface area contributed by atoms with Crippen molar-refractivity contribution in [3.8, 4) is 11.1 Å². The van der Waals surface area contributed by atoms with Crippen molar-refractivity contribution in [1.82, 2.24) is 10.2 Å². The number of benzene rings is 4. The minimum Gasteiger partial charge on any atom is -0.478 e. The molecule has 4 aromatic rings. The number of aromatic carboxylic acids is 1. The molecule has 0 spiro atoms. The molecule has 2 aliphatic rings. The van der Waals surface area contributed by atoms with E-state index < -0.39 is 11.8 Å². The average Bonchev–Trinajstić information content (AvgIpc) is 3.81. The standard InChI is InChI=1S/C34H29FN2O4/c35-26-12-9-22(10-13-26)33(39)37-16-15-28-27(23-7-4-8-24(17-23)34(40)41)14-11-25(31(28)20-37)19-36-32(38)30-18-29(30)21-5-2-1-3-6-21/h1-14,17,29-30H,15-16,18-20H2,(H,36,38)(H,40,41)/t29-,30+/m0/s1. The van der Waals surface area contributed by atoms with Crippen LogP contribution in [0.4, 0.5) is 4.39 Å². The van der Waals surface area contributed by atoms with Crippen LogP contribution < -0.4 is 5.32 Å². The zero-order valence-corrected chi connectivity index (χ0v) is 22.3. The molecule has 0 aromatic heterocycles. The molecule has 1 saturated carbocycles. The Labute approximate surface area is 237 Å². The number of hydrogen-bond donors (Lipinski definition) is 2. The molecule has 6 rings (SSSR count). The summed E-state index contributed by atoms with van der Waals surface area (Å²) in [4.78, 5) is 39.7. The van der Waals surface area contributed by atoms with Crippen molar-refractivity contribution in [1.29, 1.82) is 0 Å². The number of carbonyl (C=O) groups is 3. The fourth-order valence-electron chi connectivity index (χ4n) is 5.81. The molecule has 1 aliphatic carbocycles. The molecular weight excluding hydrogens is 519 g/mol. The lowest BCUT2D eigenvalue weighted by Gasteiger charge is -2.32. The maximum absolute atomic E-state index is 13.5. The van der Waals surface area contributed by atoms with Crippen LogP contribution in [0.25, 0.3) is 11.1 Å². The average molecular weight is 549 g/mol. The third kappa shape index (κ3) is 5.48. The minimum absolute atomic E-state index is 0.0147. The van der Waals surface area contributed by atoms with Crippen molar-refractivity contribution in [3.05, 3.63) is 130 Å². The van der Waals surface area contributed by atoms with E-state index >= 15 is 0 Å². The molecule has 1 fully saturated rings. The second kappa shape index (κ2) is 11.0. The molecule has 0 saturated heterocycles. The quantitative estimate of drug-likeness (QED) is 0.305. The first-order valence-corrected chi connectivity index (χ1v) is 13.7. The van der Waals surface area contributed by atoms with Crippen LogP contribution >= 0.6 is 0 Å². The number of nitrogens with one attached hydrogen (secondary N) is 1. The Kier molecular flexibility index (Phi) is 7.10. The molecule has 1 heterocycles. The van der Waals surface area contributed by atoms with Gasteiger partial charge in [0.05, 0.1) is 5.56 Å². The zero-order chi connectivity index (χ0) is 28.5. The van der Waals surface area contributed by atoms with Crippen molar-refractivity contribution < 1.29 is 23.9 Å². The molecule has 6 nitrogen and oxygen atoms in total. The van der Waals surface area contributed by atoms with Crippen molar-refractivity contribution >= 4 is 17.8 Å². The second-order valence-corrected chi connectivity index (χ2v) is 10.7. The maximum Gasteiger partial charge on any atom is 0.335 e. The Morgan fingerprint density at radius 1 is 0.878 bits per heavy atom. The van der Waals surface area contributed by atoms with Crippen molar-refractivity contribution in [2.45, 2.75) is 31.8 Å². The van der Waals surface area contributed by atoms with Gasteiger partial charge >= 0.3 is 5.97 Å². The smallest absolute Gasteiger partial charge is 0.335 e. The van der Waals surface area contributed by atoms with Gasteiger partial charge in [-0.1, -0.05) is 54.6 Å². The molecule has 7 heteroatoms. The van der Waals surface area contributed by atoms with E-state index in [2.05, 4.69) is 17.4 Å². The summed E-state index contributed by atoms with van der Waals surface area (Å²) in [6, 6.07) is 26.3. The summed E-state index contributed by atoms with van der Waals surface area (Å²) < 4.78 is 13.5. The van der Waals surface area contributed by atoms with Gasteiger partial charge in [0.1, 0.15) is 5.82 Å². The van der Waals surface area contributed by atoms with Gasteiger partial charge in [0.15, 0.2) is 0 Å².